The van der Waals surface area contributed by atoms with Gasteiger partial charge in [0.15, 0.2) is 0 Å². The second-order valence-corrected chi connectivity index (χ2v) is 11.5. The maximum absolute atomic E-state index is 15.6. The molecule has 0 amide bonds. The molecule has 0 saturated heterocycles. The first-order chi connectivity index (χ1) is 23.6. The molecule has 6 rings (SSSR count). The minimum atomic E-state index is -5.19. The van der Waals surface area contributed by atoms with Crippen LogP contribution < -0.4 is 5.56 Å². The van der Waals surface area contributed by atoms with Gasteiger partial charge in [-0.2, -0.15) is 26.3 Å². The van der Waals surface area contributed by atoms with E-state index in [0.29, 0.717) is 16.4 Å². The smallest absolute Gasteiger partial charge is 0.416 e. The third kappa shape index (κ3) is 6.28. The number of halogens is 8. The molecule has 0 aliphatic carbocycles. The van der Waals surface area contributed by atoms with E-state index in [1.54, 1.807) is 42.5 Å². The molecule has 0 spiro atoms. The first-order valence-corrected chi connectivity index (χ1v) is 14.9. The second-order valence-electron chi connectivity index (χ2n) is 11.5. The minimum Gasteiger partial charge on any atom is -0.507 e. The topological polar surface area (TPSA) is 84.3 Å². The van der Waals surface area contributed by atoms with E-state index in [0.717, 1.165) is 18.2 Å². The number of aromatic hydroxyl groups is 1. The Balaban J connectivity index is 1.47. The van der Waals surface area contributed by atoms with Crippen LogP contribution in [0.15, 0.2) is 89.7 Å². The van der Waals surface area contributed by atoms with Crippen molar-refractivity contribution < 1.29 is 49.8 Å². The molecule has 0 fully saturated rings. The van der Waals surface area contributed by atoms with Crippen LogP contribution in [0.25, 0.3) is 21.8 Å². The number of hydrogen-bond acceptors (Lipinski definition) is 4. The lowest BCUT2D eigenvalue weighted by molar-refractivity contribution is -0.143. The van der Waals surface area contributed by atoms with E-state index in [1.165, 1.54) is 17.7 Å². The Morgan fingerprint density at radius 2 is 1.48 bits per heavy atom. The summed E-state index contributed by atoms with van der Waals surface area (Å²) in [6.07, 6.45) is -10.6. The number of aryl methyl sites for hydroxylation is 1. The number of alkyl halides is 6. The maximum Gasteiger partial charge on any atom is 0.416 e. The Kier molecular flexibility index (Phi) is 8.66. The maximum atomic E-state index is 15.6. The van der Waals surface area contributed by atoms with Crippen molar-refractivity contribution in [2.24, 2.45) is 7.05 Å². The molecule has 1 atom stereocenters. The van der Waals surface area contributed by atoms with Gasteiger partial charge >= 0.3 is 18.3 Å². The number of benzene rings is 4. The number of aromatic nitrogens is 2. The van der Waals surface area contributed by atoms with Crippen LogP contribution in [-0.4, -0.2) is 27.2 Å². The van der Waals surface area contributed by atoms with Crippen molar-refractivity contribution in [2.45, 2.75) is 24.7 Å². The van der Waals surface area contributed by atoms with Crippen LogP contribution in [0.3, 0.4) is 0 Å². The number of hydrogen-bond donors (Lipinski definition) is 2. The number of carbonyl (C=O) groups is 1. The van der Waals surface area contributed by atoms with Crippen LogP contribution in [0.5, 0.6) is 5.75 Å². The molecule has 1 unspecified atom stereocenters. The molecule has 0 aliphatic rings. The molecule has 4 aromatic carbocycles. The third-order valence-electron chi connectivity index (χ3n) is 8.41. The lowest BCUT2D eigenvalue weighted by Crippen LogP contribution is -2.26. The minimum absolute atomic E-state index is 0.0906. The monoisotopic (exact) mass is 700 g/mol. The highest BCUT2D eigenvalue weighted by Crippen LogP contribution is 2.42. The number of rotatable bonds is 7. The average Bonchev–Trinajstić information content (AvgIpc) is 3.43. The normalized spacial score (nSPS) is 12.8. The molecule has 14 heteroatoms. The number of esters is 1. The fourth-order valence-corrected chi connectivity index (χ4v) is 6.09. The zero-order chi connectivity index (χ0) is 36.1. The molecule has 0 aliphatic heterocycles. The first-order valence-electron chi connectivity index (χ1n) is 14.9. The van der Waals surface area contributed by atoms with E-state index in [-0.39, 0.29) is 52.4 Å². The number of ether oxygens (including phenoxy) is 1. The number of nitrogens with one attached hydrogen (secondary N) is 1. The highest BCUT2D eigenvalue weighted by Gasteiger charge is 2.38. The summed E-state index contributed by atoms with van der Waals surface area (Å²) in [7, 11) is 1.44. The molecule has 2 N–H and O–H groups in total. The number of para-hydroxylation sites is 2. The number of carbonyl (C=O) groups excluding carboxylic acids is 1. The van der Waals surface area contributed by atoms with E-state index in [1.807, 2.05) is 0 Å². The van der Waals surface area contributed by atoms with Gasteiger partial charge < -0.3 is 19.4 Å². The van der Waals surface area contributed by atoms with Crippen LogP contribution in [-0.2, 0) is 30.6 Å². The predicted molar refractivity (Wildman–Crippen MR) is 167 cm³/mol. The zero-order valence-electron chi connectivity index (χ0n) is 25.7. The Bertz CT molecular complexity index is 2310. The number of nitrogens with zero attached hydrogens (tertiary/aromatic N) is 1. The van der Waals surface area contributed by atoms with Crippen molar-refractivity contribution in [3.63, 3.8) is 0 Å². The number of H-pyrrole nitrogens is 1. The molecule has 6 nitrogen and oxygen atoms in total. The van der Waals surface area contributed by atoms with Gasteiger partial charge in [0.2, 0.25) is 0 Å². The van der Waals surface area contributed by atoms with Crippen molar-refractivity contribution in [1.29, 1.82) is 0 Å². The van der Waals surface area contributed by atoms with Gasteiger partial charge in [-0.3, -0.25) is 4.79 Å². The quantitative estimate of drug-likeness (QED) is 0.129. The van der Waals surface area contributed by atoms with E-state index in [2.05, 4.69) is 4.98 Å². The summed E-state index contributed by atoms with van der Waals surface area (Å²) in [6.45, 7) is -0.592. The van der Waals surface area contributed by atoms with Gasteiger partial charge in [-0.15, -0.1) is 0 Å². The van der Waals surface area contributed by atoms with Gasteiger partial charge in [0, 0.05) is 41.0 Å². The van der Waals surface area contributed by atoms with Gasteiger partial charge in [0.1, 0.15) is 17.4 Å². The van der Waals surface area contributed by atoms with Crippen LogP contribution in [0.4, 0.5) is 35.1 Å². The largest absolute Gasteiger partial charge is 0.507 e. The molecule has 2 aromatic heterocycles. The Labute approximate surface area is 277 Å². The second kappa shape index (κ2) is 12.7. The summed E-state index contributed by atoms with van der Waals surface area (Å²) in [5.41, 5.74) is -4.61. The van der Waals surface area contributed by atoms with Gasteiger partial charge in [-0.05, 0) is 60.2 Å². The van der Waals surface area contributed by atoms with Crippen molar-refractivity contribution in [3.05, 3.63) is 146 Å². The molecular weight excluding hydrogens is 676 g/mol. The molecule has 0 bridgehead atoms. The lowest BCUT2D eigenvalue weighted by atomic mass is 9.84. The number of aromatic amines is 1. The molecule has 258 valence electrons. The molecule has 0 saturated carbocycles. The number of fused-ring (bicyclic) bond motifs is 2. The van der Waals surface area contributed by atoms with E-state index in [4.69, 9.17) is 4.74 Å². The van der Waals surface area contributed by atoms with Crippen LogP contribution in [0.1, 0.15) is 49.8 Å². The Hall–Kier alpha value is -5.66. The van der Waals surface area contributed by atoms with Gasteiger partial charge in [0.25, 0.3) is 5.56 Å². The Morgan fingerprint density at radius 1 is 0.860 bits per heavy atom. The van der Waals surface area contributed by atoms with Crippen LogP contribution >= 0.6 is 0 Å². The summed E-state index contributed by atoms with van der Waals surface area (Å²) in [4.78, 5) is 29.9. The fraction of sp³-hybridized carbons (Fsp3) is 0.167. The third-order valence-corrected chi connectivity index (χ3v) is 8.41. The summed E-state index contributed by atoms with van der Waals surface area (Å²) < 4.78 is 117. The van der Waals surface area contributed by atoms with Crippen molar-refractivity contribution >= 4 is 27.8 Å². The molecule has 0 radical (unpaired) electrons. The van der Waals surface area contributed by atoms with Gasteiger partial charge in [0.05, 0.1) is 40.3 Å². The van der Waals surface area contributed by atoms with E-state index < -0.39 is 70.5 Å². The first kappa shape index (κ1) is 34.2. The van der Waals surface area contributed by atoms with Crippen molar-refractivity contribution in [2.75, 3.05) is 6.61 Å². The van der Waals surface area contributed by atoms with Crippen molar-refractivity contribution in [3.8, 4) is 5.75 Å². The summed E-state index contributed by atoms with van der Waals surface area (Å²) >= 11 is 0. The Morgan fingerprint density at radius 3 is 2.14 bits per heavy atom. The fourth-order valence-electron chi connectivity index (χ4n) is 6.09. The number of pyridine rings is 1. The summed E-state index contributed by atoms with van der Waals surface area (Å²) in [5.74, 6) is -5.23. The zero-order valence-corrected chi connectivity index (χ0v) is 25.7. The van der Waals surface area contributed by atoms with Gasteiger partial charge in [-0.1, -0.05) is 30.3 Å². The SMILES string of the molecule is Cn1c(=O)c(C(c2cc(F)ccc2F)c2[nH]c3ccccc3c2CCOC(=O)c2cc(C(F)(F)F)cc(C(F)(F)F)c2)c(O)c2ccccc21. The predicted octanol–water partition coefficient (Wildman–Crippen LogP) is 8.62. The summed E-state index contributed by atoms with van der Waals surface area (Å²) in [5, 5.41) is 12.2. The molecule has 2 heterocycles. The van der Waals surface area contributed by atoms with Crippen LogP contribution in [0, 0.1) is 11.6 Å². The van der Waals surface area contributed by atoms with Crippen LogP contribution in [0.2, 0.25) is 0 Å². The van der Waals surface area contributed by atoms with E-state index in [9.17, 15) is 45.4 Å². The molecule has 50 heavy (non-hydrogen) atoms. The summed E-state index contributed by atoms with van der Waals surface area (Å²) in [6, 6.07) is 15.9. The molecular formula is C36H24F8N2O4. The highest BCUT2D eigenvalue weighted by atomic mass is 19.4. The lowest BCUT2D eigenvalue weighted by Gasteiger charge is -2.22. The van der Waals surface area contributed by atoms with Crippen molar-refractivity contribution in [1.82, 2.24) is 9.55 Å². The highest BCUT2D eigenvalue weighted by molar-refractivity contribution is 5.90. The van der Waals surface area contributed by atoms with E-state index >= 15 is 4.39 Å². The average molecular weight is 701 g/mol. The molecule has 6 aromatic rings. The van der Waals surface area contributed by atoms with Gasteiger partial charge in [-0.25, -0.2) is 13.6 Å². The standard InChI is InChI=1S/C36H24F8N2O4/c1-46-28-9-5-3-7-24(28)32(47)30(33(46)48)29(25-17-21(37)10-11-26(25)38)31-23(22-6-2-4-8-27(22)45-31)12-13-50-34(49)18-14-19(35(39,40)41)16-20(15-18)36(42,43)44/h2-11,14-17,29,45,47H,12-13H2,1H3.